The smallest absolute Gasteiger partial charge is 0.269 e. The first-order valence-electron chi connectivity index (χ1n) is 6.12. The van der Waals surface area contributed by atoms with Gasteiger partial charge in [0.2, 0.25) is 0 Å². The molecule has 0 saturated heterocycles. The number of amides is 1. The molecular formula is C15H12N2O2S. The number of hydrogen-bond acceptors (Lipinski definition) is 4. The fraction of sp³-hybridized carbons (Fsp3) is 0.0667. The molecule has 4 nitrogen and oxygen atoms in total. The summed E-state index contributed by atoms with van der Waals surface area (Å²) in [5.41, 5.74) is 3.36. The molecule has 0 radical (unpaired) electrons. The Morgan fingerprint density at radius 3 is 2.95 bits per heavy atom. The van der Waals surface area contributed by atoms with Crippen molar-refractivity contribution in [2.24, 2.45) is 0 Å². The molecule has 0 fully saturated rings. The molecule has 0 saturated carbocycles. The van der Waals surface area contributed by atoms with Crippen molar-refractivity contribution >= 4 is 27.3 Å². The lowest BCUT2D eigenvalue weighted by atomic mass is 10.2. The van der Waals surface area contributed by atoms with Gasteiger partial charge in [-0.3, -0.25) is 14.6 Å². The van der Waals surface area contributed by atoms with E-state index in [9.17, 15) is 4.79 Å². The van der Waals surface area contributed by atoms with E-state index in [1.54, 1.807) is 12.4 Å². The van der Waals surface area contributed by atoms with Gasteiger partial charge in [0, 0.05) is 17.1 Å². The van der Waals surface area contributed by atoms with Crippen LogP contribution in [0.25, 0.3) is 10.1 Å². The van der Waals surface area contributed by atoms with E-state index >= 15 is 0 Å². The van der Waals surface area contributed by atoms with Gasteiger partial charge in [-0.25, -0.2) is 5.48 Å². The van der Waals surface area contributed by atoms with Gasteiger partial charge in [0.05, 0.1) is 4.88 Å². The molecule has 3 aromatic rings. The van der Waals surface area contributed by atoms with Crippen molar-refractivity contribution in [3.63, 3.8) is 0 Å². The lowest BCUT2D eigenvalue weighted by molar-refractivity contribution is 0.0236. The number of nitrogens with zero attached hydrogens (tertiary/aromatic N) is 1. The lowest BCUT2D eigenvalue weighted by Gasteiger charge is -2.03. The molecule has 0 atom stereocenters. The lowest BCUT2D eigenvalue weighted by Crippen LogP contribution is -2.22. The molecule has 1 N–H and O–H groups in total. The zero-order valence-electron chi connectivity index (χ0n) is 10.6. The SMILES string of the molecule is O=C(NOCc1cccnc1)c1cc2ccccc2s1. The molecule has 1 aromatic carbocycles. The molecule has 100 valence electrons. The molecule has 2 heterocycles. The molecule has 0 bridgehead atoms. The van der Waals surface area contributed by atoms with Crippen molar-refractivity contribution in [3.8, 4) is 0 Å². The maximum Gasteiger partial charge on any atom is 0.284 e. The van der Waals surface area contributed by atoms with E-state index in [0.29, 0.717) is 11.5 Å². The molecule has 1 amide bonds. The summed E-state index contributed by atoms with van der Waals surface area (Å²) in [6.07, 6.45) is 3.39. The second-order valence-corrected chi connectivity index (χ2v) is 5.31. The number of nitrogens with one attached hydrogen (secondary N) is 1. The van der Waals surface area contributed by atoms with Crippen LogP contribution in [0.15, 0.2) is 54.9 Å². The quantitative estimate of drug-likeness (QED) is 0.749. The fourth-order valence-electron chi connectivity index (χ4n) is 1.81. The van der Waals surface area contributed by atoms with Gasteiger partial charge in [0.25, 0.3) is 5.91 Å². The zero-order chi connectivity index (χ0) is 13.8. The van der Waals surface area contributed by atoms with Crippen molar-refractivity contribution in [2.75, 3.05) is 0 Å². The second kappa shape index (κ2) is 5.81. The summed E-state index contributed by atoms with van der Waals surface area (Å²) in [6, 6.07) is 13.5. The van der Waals surface area contributed by atoms with Gasteiger partial charge in [-0.2, -0.15) is 0 Å². The van der Waals surface area contributed by atoms with Crippen LogP contribution in [0.4, 0.5) is 0 Å². The topological polar surface area (TPSA) is 51.2 Å². The minimum absolute atomic E-state index is 0.227. The molecule has 3 rings (SSSR count). The monoisotopic (exact) mass is 284 g/mol. The van der Waals surface area contributed by atoms with E-state index in [1.807, 2.05) is 42.5 Å². The Kier molecular flexibility index (Phi) is 3.71. The van der Waals surface area contributed by atoms with Gasteiger partial charge in [-0.15, -0.1) is 11.3 Å². The number of pyridine rings is 1. The number of benzene rings is 1. The van der Waals surface area contributed by atoms with Gasteiger partial charge in [-0.1, -0.05) is 24.3 Å². The number of carbonyl (C=O) groups is 1. The predicted octanol–water partition coefficient (Wildman–Crippen LogP) is 3.16. The van der Waals surface area contributed by atoms with Crippen LogP contribution in [0, 0.1) is 0 Å². The molecule has 0 aliphatic heterocycles. The first kappa shape index (κ1) is 12.8. The van der Waals surface area contributed by atoms with E-state index in [2.05, 4.69) is 10.5 Å². The van der Waals surface area contributed by atoms with Crippen LogP contribution in [0.2, 0.25) is 0 Å². The molecule has 0 spiro atoms. The number of hydroxylamine groups is 1. The Balaban J connectivity index is 1.61. The average Bonchev–Trinajstić information content (AvgIpc) is 2.92. The average molecular weight is 284 g/mol. The Morgan fingerprint density at radius 1 is 1.25 bits per heavy atom. The van der Waals surface area contributed by atoms with Crippen LogP contribution in [-0.2, 0) is 11.4 Å². The van der Waals surface area contributed by atoms with Gasteiger partial charge < -0.3 is 0 Å². The third kappa shape index (κ3) is 2.84. The number of hydrogen-bond donors (Lipinski definition) is 1. The summed E-state index contributed by atoms with van der Waals surface area (Å²) in [5, 5.41) is 1.06. The number of carbonyl (C=O) groups excluding carboxylic acids is 1. The van der Waals surface area contributed by atoms with Gasteiger partial charge >= 0.3 is 0 Å². The minimum Gasteiger partial charge on any atom is -0.269 e. The number of rotatable bonds is 4. The van der Waals surface area contributed by atoms with Crippen LogP contribution in [0.5, 0.6) is 0 Å². The minimum atomic E-state index is -0.227. The highest BCUT2D eigenvalue weighted by Crippen LogP contribution is 2.24. The van der Waals surface area contributed by atoms with Crippen molar-refractivity contribution in [2.45, 2.75) is 6.61 Å². The highest BCUT2D eigenvalue weighted by molar-refractivity contribution is 7.20. The van der Waals surface area contributed by atoms with Gasteiger partial charge in [-0.05, 0) is 29.1 Å². The Bertz CT molecular complexity index is 692. The third-order valence-corrected chi connectivity index (χ3v) is 3.89. The fourth-order valence-corrected chi connectivity index (χ4v) is 2.76. The van der Waals surface area contributed by atoms with Crippen molar-refractivity contribution in [3.05, 3.63) is 65.3 Å². The molecule has 0 aliphatic carbocycles. The van der Waals surface area contributed by atoms with E-state index < -0.39 is 0 Å². The van der Waals surface area contributed by atoms with Crippen molar-refractivity contribution < 1.29 is 9.63 Å². The maximum atomic E-state index is 12.0. The molecule has 20 heavy (non-hydrogen) atoms. The van der Waals surface area contributed by atoms with E-state index in [0.717, 1.165) is 15.6 Å². The summed E-state index contributed by atoms with van der Waals surface area (Å²) in [7, 11) is 0. The summed E-state index contributed by atoms with van der Waals surface area (Å²) < 4.78 is 1.09. The summed E-state index contributed by atoms with van der Waals surface area (Å²) in [4.78, 5) is 21.8. The summed E-state index contributed by atoms with van der Waals surface area (Å²) in [6.45, 7) is 0.296. The molecule has 2 aromatic heterocycles. The second-order valence-electron chi connectivity index (χ2n) is 4.23. The highest BCUT2D eigenvalue weighted by atomic mass is 32.1. The standard InChI is InChI=1S/C15H12N2O2S/c18-15(17-19-10-11-4-3-7-16-9-11)14-8-12-5-1-2-6-13(12)20-14/h1-9H,10H2,(H,17,18). The Morgan fingerprint density at radius 2 is 2.15 bits per heavy atom. The van der Waals surface area contributed by atoms with Crippen LogP contribution in [-0.4, -0.2) is 10.9 Å². The van der Waals surface area contributed by atoms with Gasteiger partial charge in [0.15, 0.2) is 0 Å². The summed E-state index contributed by atoms with van der Waals surface area (Å²) >= 11 is 1.45. The largest absolute Gasteiger partial charge is 0.284 e. The van der Waals surface area contributed by atoms with Crippen molar-refractivity contribution in [1.29, 1.82) is 0 Å². The first-order valence-corrected chi connectivity index (χ1v) is 6.94. The number of fused-ring (bicyclic) bond motifs is 1. The van der Waals surface area contributed by atoms with Crippen LogP contribution < -0.4 is 5.48 Å². The van der Waals surface area contributed by atoms with Crippen LogP contribution in [0.1, 0.15) is 15.2 Å². The van der Waals surface area contributed by atoms with Crippen molar-refractivity contribution in [1.82, 2.24) is 10.5 Å². The predicted molar refractivity (Wildman–Crippen MR) is 78.3 cm³/mol. The molecule has 5 heteroatoms. The molecular weight excluding hydrogens is 272 g/mol. The molecule has 0 aliphatic rings. The maximum absolute atomic E-state index is 12.0. The zero-order valence-corrected chi connectivity index (χ0v) is 11.4. The van der Waals surface area contributed by atoms with E-state index in [-0.39, 0.29) is 5.91 Å². The molecule has 0 unspecified atom stereocenters. The summed E-state index contributed by atoms with van der Waals surface area (Å²) in [5.74, 6) is -0.227. The third-order valence-electron chi connectivity index (χ3n) is 2.78. The number of thiophene rings is 1. The first-order chi connectivity index (χ1) is 9.83. The normalized spacial score (nSPS) is 10.6. The van der Waals surface area contributed by atoms with Gasteiger partial charge in [0.1, 0.15) is 6.61 Å². The number of aromatic nitrogens is 1. The Labute approximate surface area is 120 Å². The van der Waals surface area contributed by atoms with Crippen LogP contribution in [0.3, 0.4) is 0 Å². The Hall–Kier alpha value is -2.24. The highest BCUT2D eigenvalue weighted by Gasteiger charge is 2.09. The van der Waals surface area contributed by atoms with Crippen LogP contribution >= 0.6 is 11.3 Å². The van der Waals surface area contributed by atoms with E-state index in [4.69, 9.17) is 4.84 Å². The van der Waals surface area contributed by atoms with E-state index in [1.165, 1.54) is 11.3 Å².